The van der Waals surface area contributed by atoms with Gasteiger partial charge in [-0.25, -0.2) is 0 Å². The molecule has 27 heavy (non-hydrogen) atoms. The first-order chi connectivity index (χ1) is 13.4. The van der Waals surface area contributed by atoms with Crippen LogP contribution in [0.15, 0.2) is 24.5 Å². The molecule has 0 N–H and O–H groups in total. The third kappa shape index (κ3) is 11.7. The molecule has 0 saturated carbocycles. The van der Waals surface area contributed by atoms with E-state index in [1.165, 1.54) is 0 Å². The highest BCUT2D eigenvalue weighted by atomic mass is 16.6. The summed E-state index contributed by atoms with van der Waals surface area (Å²) >= 11 is 0. The fourth-order valence-electron chi connectivity index (χ4n) is 2.33. The van der Waals surface area contributed by atoms with Gasteiger partial charge < -0.3 is 23.7 Å². The Morgan fingerprint density at radius 1 is 0.778 bits per heavy atom. The normalized spacial score (nSPS) is 20.0. The van der Waals surface area contributed by atoms with Gasteiger partial charge in [0.1, 0.15) is 0 Å². The summed E-state index contributed by atoms with van der Waals surface area (Å²) in [6.45, 7) is 8.12. The van der Waals surface area contributed by atoms with E-state index < -0.39 is 0 Å². The largest absolute Gasteiger partial charge is 0.378 e. The molecule has 0 unspecified atom stereocenters. The van der Waals surface area contributed by atoms with Crippen molar-refractivity contribution in [1.29, 1.82) is 0 Å². The van der Waals surface area contributed by atoms with Gasteiger partial charge in [0, 0.05) is 31.0 Å². The Morgan fingerprint density at radius 2 is 1.30 bits per heavy atom. The van der Waals surface area contributed by atoms with Gasteiger partial charge in [0.05, 0.1) is 72.6 Å². The van der Waals surface area contributed by atoms with E-state index in [4.69, 9.17) is 23.7 Å². The fraction of sp³-hybridized carbons (Fsp3) is 0.650. The lowest BCUT2D eigenvalue weighted by Crippen LogP contribution is -2.32. The summed E-state index contributed by atoms with van der Waals surface area (Å²) in [4.78, 5) is 6.30. The molecular formula is C20H30N2O5. The van der Waals surface area contributed by atoms with Crippen LogP contribution in [-0.2, 0) is 23.7 Å². The van der Waals surface area contributed by atoms with Crippen LogP contribution in [0.5, 0.6) is 0 Å². The summed E-state index contributed by atoms with van der Waals surface area (Å²) < 4.78 is 27.6. The average Bonchev–Trinajstić information content (AvgIpc) is 2.70. The number of nitrogens with zero attached hydrogens (tertiary/aromatic N) is 2. The molecule has 0 radical (unpaired) electrons. The second-order valence-electron chi connectivity index (χ2n) is 5.88. The average molecular weight is 378 g/mol. The smallest absolute Gasteiger partial charge is 0.0701 e. The van der Waals surface area contributed by atoms with E-state index in [1.54, 1.807) is 12.4 Å². The molecule has 0 aromatic carbocycles. The van der Waals surface area contributed by atoms with E-state index in [0.717, 1.165) is 18.7 Å². The molecule has 0 spiro atoms. The van der Waals surface area contributed by atoms with Crippen molar-refractivity contribution in [2.24, 2.45) is 0 Å². The molecule has 1 aliphatic heterocycles. The number of pyridine rings is 1. The topological polar surface area (TPSA) is 62.3 Å². The minimum Gasteiger partial charge on any atom is -0.378 e. The van der Waals surface area contributed by atoms with Gasteiger partial charge in [0.25, 0.3) is 0 Å². The molecule has 7 heteroatoms. The Morgan fingerprint density at radius 3 is 1.78 bits per heavy atom. The van der Waals surface area contributed by atoms with Gasteiger partial charge >= 0.3 is 0 Å². The van der Waals surface area contributed by atoms with Crippen LogP contribution in [0.4, 0.5) is 0 Å². The molecular weight excluding hydrogens is 348 g/mol. The Balaban J connectivity index is 1.74. The zero-order chi connectivity index (χ0) is 18.8. The first kappa shape index (κ1) is 21.8. The maximum Gasteiger partial charge on any atom is 0.0701 e. The zero-order valence-electron chi connectivity index (χ0n) is 15.9. The van der Waals surface area contributed by atoms with Crippen LogP contribution in [0.3, 0.4) is 0 Å². The predicted octanol–water partition coefficient (Wildman–Crippen LogP) is 0.832. The van der Waals surface area contributed by atoms with Crippen molar-refractivity contribution < 1.29 is 23.7 Å². The molecule has 0 aliphatic carbocycles. The first-order valence-electron chi connectivity index (χ1n) is 9.45. The van der Waals surface area contributed by atoms with Crippen molar-refractivity contribution in [3.8, 4) is 11.8 Å². The lowest BCUT2D eigenvalue weighted by Gasteiger charge is -2.20. The van der Waals surface area contributed by atoms with Crippen LogP contribution < -0.4 is 0 Å². The number of hydrogen-bond donors (Lipinski definition) is 0. The summed E-state index contributed by atoms with van der Waals surface area (Å²) in [6, 6.07) is 3.84. The van der Waals surface area contributed by atoms with Gasteiger partial charge in [0.2, 0.25) is 0 Å². The maximum atomic E-state index is 5.65. The second-order valence-corrected chi connectivity index (χ2v) is 5.88. The lowest BCUT2D eigenvalue weighted by molar-refractivity contribution is -0.0178. The Hall–Kier alpha value is -1.53. The van der Waals surface area contributed by atoms with Crippen LogP contribution in [0.25, 0.3) is 0 Å². The highest BCUT2D eigenvalue weighted by Crippen LogP contribution is 1.94. The highest BCUT2D eigenvalue weighted by molar-refractivity contribution is 5.31. The van der Waals surface area contributed by atoms with Crippen LogP contribution in [0, 0.1) is 11.8 Å². The molecule has 1 aliphatic rings. The van der Waals surface area contributed by atoms with Gasteiger partial charge in [-0.3, -0.25) is 9.88 Å². The first-order valence-corrected chi connectivity index (χ1v) is 9.45. The number of hydrogen-bond acceptors (Lipinski definition) is 7. The monoisotopic (exact) mass is 378 g/mol. The van der Waals surface area contributed by atoms with E-state index in [1.807, 2.05) is 12.1 Å². The standard InChI is InChI=1S/C20H30N2O5/c1-3-20(19-21-5-1)4-2-6-22-7-9-23-11-13-25-15-17-27-18-16-26-14-12-24-10-8-22/h1,3,5,19H,6-18H2. The summed E-state index contributed by atoms with van der Waals surface area (Å²) in [6.07, 6.45) is 3.51. The molecule has 150 valence electrons. The molecule has 0 atom stereocenters. The summed E-state index contributed by atoms with van der Waals surface area (Å²) in [5, 5.41) is 0. The molecule has 2 rings (SSSR count). The minimum absolute atomic E-state index is 0.572. The van der Waals surface area contributed by atoms with E-state index in [-0.39, 0.29) is 0 Å². The van der Waals surface area contributed by atoms with E-state index >= 15 is 0 Å². The lowest BCUT2D eigenvalue weighted by atomic mass is 10.3. The second kappa shape index (κ2) is 15.5. The van der Waals surface area contributed by atoms with Gasteiger partial charge in [-0.2, -0.15) is 0 Å². The molecule has 2 heterocycles. The van der Waals surface area contributed by atoms with Crippen molar-refractivity contribution in [3.63, 3.8) is 0 Å². The van der Waals surface area contributed by atoms with Crippen molar-refractivity contribution in [1.82, 2.24) is 9.88 Å². The summed E-state index contributed by atoms with van der Waals surface area (Å²) in [7, 11) is 0. The Labute approximate surface area is 161 Å². The van der Waals surface area contributed by atoms with E-state index in [2.05, 4.69) is 21.7 Å². The fourth-order valence-corrected chi connectivity index (χ4v) is 2.33. The molecule has 1 aromatic rings. The van der Waals surface area contributed by atoms with Crippen LogP contribution in [0.1, 0.15) is 5.56 Å². The van der Waals surface area contributed by atoms with Crippen molar-refractivity contribution in [2.75, 3.05) is 85.7 Å². The van der Waals surface area contributed by atoms with Crippen molar-refractivity contribution in [3.05, 3.63) is 30.1 Å². The SMILES string of the molecule is C(#Cc1cccnc1)CN1CCOCCOCCOCCOCCOCC1. The number of rotatable bonds is 1. The molecule has 0 bridgehead atoms. The van der Waals surface area contributed by atoms with Crippen molar-refractivity contribution in [2.45, 2.75) is 0 Å². The van der Waals surface area contributed by atoms with Crippen LogP contribution in [-0.4, -0.2) is 95.6 Å². The Kier molecular flexibility index (Phi) is 12.5. The summed E-state index contributed by atoms with van der Waals surface area (Å²) in [5.41, 5.74) is 0.921. The molecule has 1 aromatic heterocycles. The third-order valence-electron chi connectivity index (χ3n) is 3.79. The van der Waals surface area contributed by atoms with Crippen LogP contribution >= 0.6 is 0 Å². The van der Waals surface area contributed by atoms with E-state index in [0.29, 0.717) is 72.6 Å². The number of ether oxygens (including phenoxy) is 5. The van der Waals surface area contributed by atoms with Gasteiger partial charge in [-0.15, -0.1) is 0 Å². The Bertz CT molecular complexity index is 514. The zero-order valence-corrected chi connectivity index (χ0v) is 15.9. The molecule has 0 amide bonds. The third-order valence-corrected chi connectivity index (χ3v) is 3.79. The molecule has 7 nitrogen and oxygen atoms in total. The quantitative estimate of drug-likeness (QED) is 0.671. The summed E-state index contributed by atoms with van der Waals surface area (Å²) in [5.74, 6) is 6.34. The van der Waals surface area contributed by atoms with Crippen LogP contribution in [0.2, 0.25) is 0 Å². The number of aromatic nitrogens is 1. The van der Waals surface area contributed by atoms with E-state index in [9.17, 15) is 0 Å². The van der Waals surface area contributed by atoms with Gasteiger partial charge in [-0.05, 0) is 12.1 Å². The molecule has 1 fully saturated rings. The predicted molar refractivity (Wildman–Crippen MR) is 102 cm³/mol. The molecule has 1 saturated heterocycles. The van der Waals surface area contributed by atoms with Crippen molar-refractivity contribution >= 4 is 0 Å². The van der Waals surface area contributed by atoms with Gasteiger partial charge in [0.15, 0.2) is 0 Å². The minimum atomic E-state index is 0.572. The van der Waals surface area contributed by atoms with Gasteiger partial charge in [-0.1, -0.05) is 11.8 Å². The highest BCUT2D eigenvalue weighted by Gasteiger charge is 2.04. The maximum absolute atomic E-state index is 5.65.